The standard InChI is InChI=1S/C15H26N4O/c1-17-15(11-16,13-2-3-13)12-18-5-4-14(10-18)19-6-8-20-9-7-19/h13-14,17H,2-10,12H2,1H3. The van der Waals surface area contributed by atoms with Crippen molar-refractivity contribution in [1.29, 1.82) is 5.26 Å². The molecule has 3 rings (SSSR count). The van der Waals surface area contributed by atoms with E-state index in [9.17, 15) is 5.26 Å². The number of nitrogens with one attached hydrogen (secondary N) is 1. The SMILES string of the molecule is CNC(C#N)(CN1CCC(N2CCOCC2)C1)C1CC1. The third kappa shape index (κ3) is 2.84. The molecule has 3 aliphatic rings. The Morgan fingerprint density at radius 3 is 2.60 bits per heavy atom. The summed E-state index contributed by atoms with van der Waals surface area (Å²) in [4.78, 5) is 5.05. The Balaban J connectivity index is 1.55. The van der Waals surface area contributed by atoms with Gasteiger partial charge in [0.1, 0.15) is 5.54 Å². The Labute approximate surface area is 121 Å². The van der Waals surface area contributed by atoms with Crippen molar-refractivity contribution in [3.8, 4) is 6.07 Å². The van der Waals surface area contributed by atoms with Gasteiger partial charge in [-0.15, -0.1) is 0 Å². The van der Waals surface area contributed by atoms with Crippen molar-refractivity contribution >= 4 is 0 Å². The first-order valence-electron chi connectivity index (χ1n) is 7.92. The second-order valence-electron chi connectivity index (χ2n) is 6.43. The number of nitrogens with zero attached hydrogens (tertiary/aromatic N) is 3. The number of hydrogen-bond donors (Lipinski definition) is 1. The van der Waals surface area contributed by atoms with Crippen LogP contribution in [0.25, 0.3) is 0 Å². The van der Waals surface area contributed by atoms with Crippen LogP contribution in [0.4, 0.5) is 0 Å². The largest absolute Gasteiger partial charge is 0.379 e. The molecule has 1 saturated carbocycles. The molecule has 0 amide bonds. The average Bonchev–Trinajstić information content (AvgIpc) is 3.26. The zero-order valence-electron chi connectivity index (χ0n) is 12.5. The van der Waals surface area contributed by atoms with Gasteiger partial charge in [0.2, 0.25) is 0 Å². The number of morpholine rings is 1. The molecule has 0 aromatic rings. The molecule has 1 aliphatic carbocycles. The third-order valence-corrected chi connectivity index (χ3v) is 5.20. The fourth-order valence-electron chi connectivity index (χ4n) is 3.72. The Hall–Kier alpha value is -0.670. The monoisotopic (exact) mass is 278 g/mol. The smallest absolute Gasteiger partial charge is 0.122 e. The van der Waals surface area contributed by atoms with E-state index in [0.717, 1.165) is 45.9 Å². The van der Waals surface area contributed by atoms with Gasteiger partial charge in [-0.05, 0) is 38.8 Å². The lowest BCUT2D eigenvalue weighted by Gasteiger charge is -2.34. The molecule has 0 spiro atoms. The highest BCUT2D eigenvalue weighted by atomic mass is 16.5. The molecule has 2 unspecified atom stereocenters. The van der Waals surface area contributed by atoms with Crippen molar-refractivity contribution in [3.05, 3.63) is 0 Å². The summed E-state index contributed by atoms with van der Waals surface area (Å²) < 4.78 is 5.43. The first-order valence-corrected chi connectivity index (χ1v) is 7.92. The first-order chi connectivity index (χ1) is 9.77. The summed E-state index contributed by atoms with van der Waals surface area (Å²) >= 11 is 0. The first kappa shape index (κ1) is 14.3. The van der Waals surface area contributed by atoms with Gasteiger partial charge in [0.15, 0.2) is 0 Å². The van der Waals surface area contributed by atoms with Crippen LogP contribution in [0.5, 0.6) is 0 Å². The van der Waals surface area contributed by atoms with E-state index < -0.39 is 0 Å². The molecule has 2 aliphatic heterocycles. The van der Waals surface area contributed by atoms with E-state index in [1.807, 2.05) is 7.05 Å². The molecule has 5 nitrogen and oxygen atoms in total. The zero-order valence-corrected chi connectivity index (χ0v) is 12.5. The lowest BCUT2D eigenvalue weighted by Crippen LogP contribution is -2.53. The minimum absolute atomic E-state index is 0.320. The van der Waals surface area contributed by atoms with Crippen molar-refractivity contribution in [1.82, 2.24) is 15.1 Å². The van der Waals surface area contributed by atoms with E-state index >= 15 is 0 Å². The molecule has 5 heteroatoms. The highest BCUT2D eigenvalue weighted by Gasteiger charge is 2.46. The second kappa shape index (κ2) is 5.98. The molecule has 0 radical (unpaired) electrons. The van der Waals surface area contributed by atoms with E-state index in [1.165, 1.54) is 19.3 Å². The summed E-state index contributed by atoms with van der Waals surface area (Å²) in [5.74, 6) is 0.555. The fourth-order valence-corrected chi connectivity index (χ4v) is 3.72. The van der Waals surface area contributed by atoms with Gasteiger partial charge in [-0.3, -0.25) is 9.80 Å². The topological polar surface area (TPSA) is 51.5 Å². The number of likely N-dealkylation sites (N-methyl/N-ethyl adjacent to an activating group) is 1. The normalized spacial score (nSPS) is 31.9. The predicted molar refractivity (Wildman–Crippen MR) is 77.4 cm³/mol. The quantitative estimate of drug-likeness (QED) is 0.783. The van der Waals surface area contributed by atoms with Gasteiger partial charge in [0, 0.05) is 32.2 Å². The van der Waals surface area contributed by atoms with Crippen LogP contribution in [-0.4, -0.2) is 74.4 Å². The van der Waals surface area contributed by atoms with Gasteiger partial charge in [0.25, 0.3) is 0 Å². The van der Waals surface area contributed by atoms with E-state index in [4.69, 9.17) is 4.74 Å². The van der Waals surface area contributed by atoms with Crippen molar-refractivity contribution < 1.29 is 4.74 Å². The molecule has 112 valence electrons. The molecule has 2 atom stereocenters. The van der Waals surface area contributed by atoms with Crippen LogP contribution in [0.15, 0.2) is 0 Å². The van der Waals surface area contributed by atoms with Gasteiger partial charge in [-0.2, -0.15) is 5.26 Å². The highest BCUT2D eigenvalue weighted by molar-refractivity contribution is 5.16. The summed E-state index contributed by atoms with van der Waals surface area (Å²) in [5.41, 5.74) is -0.320. The molecular formula is C15H26N4O. The lowest BCUT2D eigenvalue weighted by molar-refractivity contribution is 0.0181. The molecule has 2 saturated heterocycles. The van der Waals surface area contributed by atoms with Crippen LogP contribution in [-0.2, 0) is 4.74 Å². The Bertz CT molecular complexity index is 373. The summed E-state index contributed by atoms with van der Waals surface area (Å²) in [6, 6.07) is 3.22. The third-order valence-electron chi connectivity index (χ3n) is 5.20. The van der Waals surface area contributed by atoms with Crippen molar-refractivity contribution in [2.45, 2.75) is 30.8 Å². The Morgan fingerprint density at radius 1 is 1.25 bits per heavy atom. The van der Waals surface area contributed by atoms with Crippen LogP contribution in [0.2, 0.25) is 0 Å². The van der Waals surface area contributed by atoms with Gasteiger partial charge in [0.05, 0.1) is 19.3 Å². The van der Waals surface area contributed by atoms with Gasteiger partial charge >= 0.3 is 0 Å². The lowest BCUT2D eigenvalue weighted by atomic mass is 9.94. The molecule has 1 N–H and O–H groups in total. The Morgan fingerprint density at radius 2 is 2.00 bits per heavy atom. The van der Waals surface area contributed by atoms with Crippen LogP contribution >= 0.6 is 0 Å². The maximum Gasteiger partial charge on any atom is 0.122 e. The molecule has 0 aromatic carbocycles. The Kier molecular flexibility index (Phi) is 4.27. The number of likely N-dealkylation sites (tertiary alicyclic amines) is 1. The molecule has 0 bridgehead atoms. The maximum atomic E-state index is 9.60. The molecule has 0 aromatic heterocycles. The molecular weight excluding hydrogens is 252 g/mol. The zero-order chi connectivity index (χ0) is 14.0. The minimum Gasteiger partial charge on any atom is -0.379 e. The van der Waals surface area contributed by atoms with E-state index in [-0.39, 0.29) is 5.54 Å². The molecule has 2 heterocycles. The maximum absolute atomic E-state index is 9.60. The van der Waals surface area contributed by atoms with E-state index in [2.05, 4.69) is 21.2 Å². The summed E-state index contributed by atoms with van der Waals surface area (Å²) in [5, 5.41) is 12.9. The molecule has 3 fully saturated rings. The van der Waals surface area contributed by atoms with Crippen LogP contribution in [0, 0.1) is 17.2 Å². The summed E-state index contributed by atoms with van der Waals surface area (Å²) in [6.45, 7) is 6.99. The summed E-state index contributed by atoms with van der Waals surface area (Å²) in [7, 11) is 1.94. The van der Waals surface area contributed by atoms with Crippen LogP contribution < -0.4 is 5.32 Å². The second-order valence-corrected chi connectivity index (χ2v) is 6.43. The van der Waals surface area contributed by atoms with Gasteiger partial charge < -0.3 is 10.1 Å². The number of hydrogen-bond acceptors (Lipinski definition) is 5. The van der Waals surface area contributed by atoms with E-state index in [1.54, 1.807) is 0 Å². The highest BCUT2D eigenvalue weighted by Crippen LogP contribution is 2.40. The van der Waals surface area contributed by atoms with E-state index in [0.29, 0.717) is 12.0 Å². The number of ether oxygens (including phenoxy) is 1. The predicted octanol–water partition coefficient (Wildman–Crippen LogP) is 0.285. The van der Waals surface area contributed by atoms with Gasteiger partial charge in [-0.1, -0.05) is 0 Å². The van der Waals surface area contributed by atoms with Crippen molar-refractivity contribution in [2.75, 3.05) is 53.0 Å². The van der Waals surface area contributed by atoms with Crippen molar-refractivity contribution in [3.63, 3.8) is 0 Å². The van der Waals surface area contributed by atoms with Crippen LogP contribution in [0.3, 0.4) is 0 Å². The molecule has 20 heavy (non-hydrogen) atoms. The van der Waals surface area contributed by atoms with Crippen molar-refractivity contribution in [2.24, 2.45) is 5.92 Å². The van der Waals surface area contributed by atoms with Crippen LogP contribution in [0.1, 0.15) is 19.3 Å². The van der Waals surface area contributed by atoms with Gasteiger partial charge in [-0.25, -0.2) is 0 Å². The minimum atomic E-state index is -0.320. The number of rotatable bonds is 5. The number of nitriles is 1. The summed E-state index contributed by atoms with van der Waals surface area (Å²) in [6.07, 6.45) is 3.64. The fraction of sp³-hybridized carbons (Fsp3) is 0.933. The average molecular weight is 278 g/mol.